The number of hydrogen-bond acceptors (Lipinski definition) is 4. The summed E-state index contributed by atoms with van der Waals surface area (Å²) in [6.07, 6.45) is -6.81. The zero-order chi connectivity index (χ0) is 13.2. The van der Waals surface area contributed by atoms with Gasteiger partial charge in [-0.2, -0.15) is 24.9 Å². The maximum Gasteiger partial charge on any atom is 0.415 e. The molecule has 0 spiro atoms. The number of benzene rings is 1. The molecule has 0 radical (unpaired) electrons. The summed E-state index contributed by atoms with van der Waals surface area (Å²) >= 11 is 2.50. The Kier molecular flexibility index (Phi) is 4.14. The average molecular weight is 293 g/mol. The summed E-state index contributed by atoms with van der Waals surface area (Å²) in [7, 11) is 0. The second-order valence-corrected chi connectivity index (χ2v) is 5.79. The van der Waals surface area contributed by atoms with Crippen molar-refractivity contribution in [2.45, 2.75) is 18.0 Å². The summed E-state index contributed by atoms with van der Waals surface area (Å²) in [6, 6.07) is 7.55. The van der Waals surface area contributed by atoms with Crippen molar-refractivity contribution in [1.82, 2.24) is 4.98 Å². The van der Waals surface area contributed by atoms with Gasteiger partial charge < -0.3 is 5.11 Å². The van der Waals surface area contributed by atoms with E-state index in [1.54, 1.807) is 0 Å². The van der Waals surface area contributed by atoms with Gasteiger partial charge in [0.05, 0.1) is 10.2 Å². The van der Waals surface area contributed by atoms with Crippen LogP contribution in [0.1, 0.15) is 5.01 Å². The standard InChI is InChI=1S/C11H10F3NOS2/c12-11(13,14)9(16)5-17-6-10-15-7-3-1-2-4-8(7)18-10/h1-4,9,16H,5-6H2/t9-/m1/s1. The molecule has 2 nitrogen and oxygen atoms in total. The number of aliphatic hydroxyl groups is 1. The van der Waals surface area contributed by atoms with E-state index in [0.717, 1.165) is 27.0 Å². The lowest BCUT2D eigenvalue weighted by Crippen LogP contribution is -2.30. The number of fused-ring (bicyclic) bond motifs is 1. The van der Waals surface area contributed by atoms with Crippen LogP contribution >= 0.6 is 23.1 Å². The van der Waals surface area contributed by atoms with Gasteiger partial charge in [0.1, 0.15) is 5.01 Å². The van der Waals surface area contributed by atoms with Crippen LogP contribution in [0.3, 0.4) is 0 Å². The van der Waals surface area contributed by atoms with Crippen LogP contribution in [0.25, 0.3) is 10.2 Å². The van der Waals surface area contributed by atoms with E-state index in [2.05, 4.69) is 4.98 Å². The van der Waals surface area contributed by atoms with E-state index in [1.807, 2.05) is 24.3 Å². The molecule has 0 aliphatic rings. The van der Waals surface area contributed by atoms with Crippen molar-refractivity contribution in [3.05, 3.63) is 29.3 Å². The van der Waals surface area contributed by atoms with Gasteiger partial charge in [-0.15, -0.1) is 11.3 Å². The van der Waals surface area contributed by atoms with Gasteiger partial charge in [0, 0.05) is 11.5 Å². The fourth-order valence-corrected chi connectivity index (χ4v) is 3.35. The van der Waals surface area contributed by atoms with Crippen molar-refractivity contribution in [2.24, 2.45) is 0 Å². The van der Waals surface area contributed by atoms with Crippen LogP contribution in [0.2, 0.25) is 0 Å². The Balaban J connectivity index is 1.91. The first-order chi connectivity index (χ1) is 8.47. The van der Waals surface area contributed by atoms with Gasteiger partial charge in [0.25, 0.3) is 0 Å². The number of hydrogen-bond donors (Lipinski definition) is 1. The molecule has 2 aromatic rings. The van der Waals surface area contributed by atoms with Gasteiger partial charge in [-0.05, 0) is 12.1 Å². The smallest absolute Gasteiger partial charge is 0.383 e. The fourth-order valence-electron chi connectivity index (χ4n) is 1.33. The Hall–Kier alpha value is -0.790. The Morgan fingerprint density at radius 3 is 2.72 bits per heavy atom. The number of alkyl halides is 3. The molecule has 18 heavy (non-hydrogen) atoms. The average Bonchev–Trinajstić information content (AvgIpc) is 2.70. The first-order valence-corrected chi connectivity index (χ1v) is 7.11. The lowest BCUT2D eigenvalue weighted by molar-refractivity contribution is -0.195. The van der Waals surface area contributed by atoms with E-state index in [0.29, 0.717) is 5.75 Å². The van der Waals surface area contributed by atoms with Crippen LogP contribution in [0.4, 0.5) is 13.2 Å². The van der Waals surface area contributed by atoms with E-state index in [1.165, 1.54) is 11.3 Å². The third-order valence-electron chi connectivity index (χ3n) is 2.22. The lowest BCUT2D eigenvalue weighted by atomic mass is 10.3. The van der Waals surface area contributed by atoms with Gasteiger partial charge in [0.2, 0.25) is 0 Å². The van der Waals surface area contributed by atoms with E-state index in [-0.39, 0.29) is 5.75 Å². The molecule has 0 aliphatic carbocycles. The first kappa shape index (κ1) is 13.6. The van der Waals surface area contributed by atoms with Gasteiger partial charge in [-0.1, -0.05) is 12.1 Å². The molecule has 0 bridgehead atoms. The van der Waals surface area contributed by atoms with Crippen LogP contribution < -0.4 is 0 Å². The van der Waals surface area contributed by atoms with Crippen LogP contribution in [-0.2, 0) is 5.75 Å². The number of aliphatic hydroxyl groups excluding tert-OH is 1. The number of para-hydroxylation sites is 1. The van der Waals surface area contributed by atoms with Gasteiger partial charge in [-0.25, -0.2) is 4.98 Å². The SMILES string of the molecule is O[C@H](CSCc1nc2ccccc2s1)C(F)(F)F. The minimum Gasteiger partial charge on any atom is -0.383 e. The molecule has 0 saturated heterocycles. The van der Waals surface area contributed by atoms with E-state index in [9.17, 15) is 13.2 Å². The van der Waals surface area contributed by atoms with Crippen molar-refractivity contribution in [3.8, 4) is 0 Å². The van der Waals surface area contributed by atoms with Crippen molar-refractivity contribution in [2.75, 3.05) is 5.75 Å². The molecule has 0 saturated carbocycles. The van der Waals surface area contributed by atoms with Crippen LogP contribution in [-0.4, -0.2) is 28.1 Å². The van der Waals surface area contributed by atoms with E-state index < -0.39 is 12.3 Å². The quantitative estimate of drug-likeness (QED) is 0.937. The largest absolute Gasteiger partial charge is 0.415 e. The van der Waals surface area contributed by atoms with Crippen LogP contribution in [0, 0.1) is 0 Å². The Morgan fingerprint density at radius 2 is 2.06 bits per heavy atom. The maximum atomic E-state index is 12.1. The molecule has 0 unspecified atom stereocenters. The lowest BCUT2D eigenvalue weighted by Gasteiger charge is -2.13. The molecule has 1 atom stereocenters. The normalized spacial score (nSPS) is 14.0. The molecule has 7 heteroatoms. The predicted octanol–water partition coefficient (Wildman–Crippen LogP) is 3.45. The molecule has 0 aliphatic heterocycles. The molecule has 2 rings (SSSR count). The Morgan fingerprint density at radius 1 is 1.33 bits per heavy atom. The Labute approximate surface area is 110 Å². The third kappa shape index (κ3) is 3.37. The topological polar surface area (TPSA) is 33.1 Å². The molecule has 1 heterocycles. The van der Waals surface area contributed by atoms with Gasteiger partial charge >= 0.3 is 6.18 Å². The molecule has 0 amide bonds. The fraction of sp³-hybridized carbons (Fsp3) is 0.364. The second kappa shape index (κ2) is 5.46. The van der Waals surface area contributed by atoms with Crippen molar-refractivity contribution in [3.63, 3.8) is 0 Å². The highest BCUT2D eigenvalue weighted by molar-refractivity contribution is 7.98. The molecule has 1 aromatic heterocycles. The summed E-state index contributed by atoms with van der Waals surface area (Å²) in [6.45, 7) is 0. The molecule has 0 fully saturated rings. The van der Waals surface area contributed by atoms with Crippen molar-refractivity contribution >= 4 is 33.3 Å². The highest BCUT2D eigenvalue weighted by atomic mass is 32.2. The number of aromatic nitrogens is 1. The Bertz CT molecular complexity index is 493. The minimum atomic E-state index is -4.54. The molecular formula is C11H10F3NOS2. The van der Waals surface area contributed by atoms with Crippen molar-refractivity contribution < 1.29 is 18.3 Å². The zero-order valence-electron chi connectivity index (χ0n) is 9.15. The number of rotatable bonds is 4. The summed E-state index contributed by atoms with van der Waals surface area (Å²) in [5, 5.41) is 9.61. The van der Waals surface area contributed by atoms with Crippen LogP contribution in [0.15, 0.2) is 24.3 Å². The second-order valence-electron chi connectivity index (χ2n) is 3.65. The maximum absolute atomic E-state index is 12.1. The monoisotopic (exact) mass is 293 g/mol. The summed E-state index contributed by atoms with van der Waals surface area (Å²) < 4.78 is 37.2. The molecule has 98 valence electrons. The third-order valence-corrected chi connectivity index (χ3v) is 4.47. The number of thioether (sulfide) groups is 1. The molecular weight excluding hydrogens is 283 g/mol. The predicted molar refractivity (Wildman–Crippen MR) is 67.8 cm³/mol. The number of thiazole rings is 1. The number of halogens is 3. The zero-order valence-corrected chi connectivity index (χ0v) is 10.8. The van der Waals surface area contributed by atoms with E-state index in [4.69, 9.17) is 5.11 Å². The summed E-state index contributed by atoms with van der Waals surface area (Å²) in [5.74, 6) is 0.0198. The van der Waals surface area contributed by atoms with Gasteiger partial charge in [0.15, 0.2) is 6.10 Å². The first-order valence-electron chi connectivity index (χ1n) is 5.14. The van der Waals surface area contributed by atoms with Gasteiger partial charge in [-0.3, -0.25) is 0 Å². The molecule has 1 N–H and O–H groups in total. The van der Waals surface area contributed by atoms with E-state index >= 15 is 0 Å². The minimum absolute atomic E-state index is 0.362. The summed E-state index contributed by atoms with van der Waals surface area (Å²) in [4.78, 5) is 4.31. The highest BCUT2D eigenvalue weighted by Gasteiger charge is 2.37. The summed E-state index contributed by atoms with van der Waals surface area (Å²) in [5.41, 5.74) is 0.856. The highest BCUT2D eigenvalue weighted by Crippen LogP contribution is 2.27. The molecule has 1 aromatic carbocycles. The van der Waals surface area contributed by atoms with Crippen LogP contribution in [0.5, 0.6) is 0 Å². The van der Waals surface area contributed by atoms with Crippen molar-refractivity contribution in [1.29, 1.82) is 0 Å². The number of nitrogens with zero attached hydrogens (tertiary/aromatic N) is 1.